The molecule has 0 amide bonds. The fourth-order valence-corrected chi connectivity index (χ4v) is 1.61. The Balaban J connectivity index is 2.52. The molecule has 0 aliphatic carbocycles. The van der Waals surface area contributed by atoms with Crippen LogP contribution in [0.2, 0.25) is 0 Å². The van der Waals surface area contributed by atoms with Crippen LogP contribution in [0, 0.1) is 3.70 Å². The van der Waals surface area contributed by atoms with E-state index < -0.39 is 0 Å². The van der Waals surface area contributed by atoms with Crippen LogP contribution in [0.3, 0.4) is 0 Å². The lowest BCUT2D eigenvalue weighted by Crippen LogP contribution is -1.92. The molecule has 0 bridgehead atoms. The van der Waals surface area contributed by atoms with E-state index in [0.29, 0.717) is 10.7 Å². The summed E-state index contributed by atoms with van der Waals surface area (Å²) in [7, 11) is 1.86. The Kier molecular flexibility index (Phi) is 2.37. The maximum absolute atomic E-state index is 5.20. The van der Waals surface area contributed by atoms with Crippen molar-refractivity contribution >= 4 is 38.5 Å². The summed E-state index contributed by atoms with van der Waals surface area (Å²) in [5.74, 6) is 0.476. The van der Waals surface area contributed by atoms with Gasteiger partial charge in [0.2, 0.25) is 0 Å². The number of aromatic nitrogens is 4. The number of aryl methyl sites for hydroxylation is 1. The molecule has 7 heteroatoms. The van der Waals surface area contributed by atoms with Crippen molar-refractivity contribution in [2.24, 2.45) is 7.05 Å². The first kappa shape index (κ1) is 9.13. The van der Waals surface area contributed by atoms with Crippen molar-refractivity contribution in [3.05, 3.63) is 14.7 Å². The largest absolute Gasteiger partial charge is 0.411 e. The summed E-state index contributed by atoms with van der Waals surface area (Å²) in [6, 6.07) is 0. The first-order valence-corrected chi connectivity index (χ1v) is 5.22. The fraction of sp³-hybridized carbons (Fsp3) is 0.167. The molecule has 0 saturated carbocycles. The maximum Gasteiger partial charge on any atom is 0.285 e. The minimum Gasteiger partial charge on any atom is -0.411 e. The number of hydrogen-bond acceptors (Lipinski definition) is 4. The van der Waals surface area contributed by atoms with Crippen molar-refractivity contribution in [1.82, 2.24) is 20.0 Å². The predicted molar refractivity (Wildman–Crippen MR) is 56.9 cm³/mol. The summed E-state index contributed by atoms with van der Waals surface area (Å²) >= 11 is 5.26. The number of halogens is 2. The molecule has 2 heterocycles. The number of hydrogen-bond donors (Lipinski definition) is 0. The summed E-state index contributed by atoms with van der Waals surface area (Å²) in [5, 5.41) is 11.6. The molecule has 13 heavy (non-hydrogen) atoms. The van der Waals surface area contributed by atoms with Crippen LogP contribution < -0.4 is 0 Å². The summed E-state index contributed by atoms with van der Waals surface area (Å²) < 4.78 is 7.91. The monoisotopic (exact) mass is 354 g/mol. The predicted octanol–water partition coefficient (Wildman–Crippen LogP) is 1.84. The molecule has 0 aromatic carbocycles. The highest BCUT2D eigenvalue weighted by Gasteiger charge is 2.13. The van der Waals surface area contributed by atoms with Crippen LogP contribution in [0.25, 0.3) is 11.5 Å². The van der Waals surface area contributed by atoms with Crippen molar-refractivity contribution in [2.45, 2.75) is 0 Å². The van der Waals surface area contributed by atoms with Gasteiger partial charge in [0.1, 0.15) is 3.70 Å². The van der Waals surface area contributed by atoms with E-state index in [-0.39, 0.29) is 0 Å². The minimum atomic E-state index is 0.377. The van der Waals surface area contributed by atoms with Gasteiger partial charge in [-0.1, -0.05) is 0 Å². The van der Waals surface area contributed by atoms with E-state index in [1.54, 1.807) is 10.9 Å². The molecule has 5 nitrogen and oxygen atoms in total. The number of nitrogens with zero attached hydrogens (tertiary/aromatic N) is 4. The van der Waals surface area contributed by atoms with E-state index in [2.05, 4.69) is 53.8 Å². The zero-order valence-corrected chi connectivity index (χ0v) is 10.3. The molecule has 0 spiro atoms. The van der Waals surface area contributed by atoms with E-state index in [9.17, 15) is 0 Å². The van der Waals surface area contributed by atoms with Gasteiger partial charge in [-0.15, -0.1) is 10.2 Å². The molecule has 2 aromatic heterocycles. The van der Waals surface area contributed by atoms with Crippen molar-refractivity contribution < 1.29 is 4.42 Å². The molecule has 0 atom stereocenters. The summed E-state index contributed by atoms with van der Waals surface area (Å²) in [5.41, 5.74) is 0.848. The van der Waals surface area contributed by atoms with Gasteiger partial charge < -0.3 is 4.42 Å². The molecule has 2 rings (SSSR count). The Morgan fingerprint density at radius 1 is 1.54 bits per heavy atom. The second-order valence-electron chi connectivity index (χ2n) is 2.33. The van der Waals surface area contributed by atoms with Gasteiger partial charge >= 0.3 is 0 Å². The molecule has 0 unspecified atom stereocenters. The van der Waals surface area contributed by atoms with Crippen molar-refractivity contribution in [3.8, 4) is 11.5 Å². The molecule has 0 aliphatic heterocycles. The van der Waals surface area contributed by atoms with Gasteiger partial charge in [-0.05, 0) is 22.6 Å². The van der Waals surface area contributed by atoms with Gasteiger partial charge in [-0.3, -0.25) is 4.68 Å². The highest BCUT2D eigenvalue weighted by Crippen LogP contribution is 2.24. The Hall–Kier alpha value is -0.440. The van der Waals surface area contributed by atoms with E-state index in [0.717, 1.165) is 9.26 Å². The summed E-state index contributed by atoms with van der Waals surface area (Å²) in [4.78, 5) is 0.377. The van der Waals surface area contributed by atoms with Gasteiger partial charge in [-0.2, -0.15) is 5.10 Å². The third kappa shape index (κ3) is 1.62. The van der Waals surface area contributed by atoms with E-state index >= 15 is 0 Å². The Bertz CT molecular complexity index is 438. The average Bonchev–Trinajstić information content (AvgIpc) is 2.62. The average molecular weight is 355 g/mol. The van der Waals surface area contributed by atoms with Crippen LogP contribution in [0.1, 0.15) is 0 Å². The lowest BCUT2D eigenvalue weighted by Gasteiger charge is -1.91. The maximum atomic E-state index is 5.20. The molecule has 68 valence electrons. The highest BCUT2D eigenvalue weighted by atomic mass is 127. The van der Waals surface area contributed by atoms with Gasteiger partial charge in [0.05, 0.1) is 11.8 Å². The van der Waals surface area contributed by atoms with Gasteiger partial charge in [0.15, 0.2) is 0 Å². The molecular weight excluding hydrogens is 351 g/mol. The Morgan fingerprint density at radius 3 is 2.77 bits per heavy atom. The van der Waals surface area contributed by atoms with Crippen LogP contribution in [-0.2, 0) is 7.05 Å². The fourth-order valence-electron chi connectivity index (χ4n) is 0.880. The molecule has 2 aromatic rings. The summed E-state index contributed by atoms with van der Waals surface area (Å²) in [6.07, 6.45) is 1.70. The third-order valence-electron chi connectivity index (χ3n) is 1.50. The SMILES string of the molecule is Cn1ncc(-c2nnc(Br)o2)c1I. The molecule has 0 aliphatic rings. The topological polar surface area (TPSA) is 56.7 Å². The highest BCUT2D eigenvalue weighted by molar-refractivity contribution is 14.1. The first-order chi connectivity index (χ1) is 6.18. The second kappa shape index (κ2) is 3.37. The standard InChI is InChI=1S/C6H4BrIN4O/c1-12-4(8)3(2-9-12)5-10-11-6(7)13-5/h2H,1H3. The summed E-state index contributed by atoms with van der Waals surface area (Å²) in [6.45, 7) is 0. The normalized spacial score (nSPS) is 10.7. The number of rotatable bonds is 1. The Morgan fingerprint density at radius 2 is 2.31 bits per heavy atom. The smallest absolute Gasteiger partial charge is 0.285 e. The van der Waals surface area contributed by atoms with Crippen molar-refractivity contribution in [1.29, 1.82) is 0 Å². The minimum absolute atomic E-state index is 0.377. The molecule has 0 N–H and O–H groups in total. The van der Waals surface area contributed by atoms with E-state index in [4.69, 9.17) is 4.42 Å². The van der Waals surface area contributed by atoms with Crippen LogP contribution in [0.5, 0.6) is 0 Å². The first-order valence-electron chi connectivity index (χ1n) is 3.35. The van der Waals surface area contributed by atoms with Crippen LogP contribution in [0.15, 0.2) is 15.4 Å². The van der Waals surface area contributed by atoms with Gasteiger partial charge in [0, 0.05) is 23.0 Å². The molecule has 0 fully saturated rings. The van der Waals surface area contributed by atoms with Crippen LogP contribution in [0.4, 0.5) is 0 Å². The zero-order valence-electron chi connectivity index (χ0n) is 6.53. The zero-order chi connectivity index (χ0) is 9.42. The molecular formula is C6H4BrIN4O. The van der Waals surface area contributed by atoms with Crippen molar-refractivity contribution in [3.63, 3.8) is 0 Å². The van der Waals surface area contributed by atoms with Crippen LogP contribution in [-0.4, -0.2) is 20.0 Å². The van der Waals surface area contributed by atoms with E-state index in [1.807, 2.05) is 7.05 Å². The second-order valence-corrected chi connectivity index (χ2v) is 4.03. The van der Waals surface area contributed by atoms with Gasteiger partial charge in [-0.25, -0.2) is 0 Å². The quantitative estimate of drug-likeness (QED) is 0.733. The lowest BCUT2D eigenvalue weighted by atomic mass is 10.4. The van der Waals surface area contributed by atoms with E-state index in [1.165, 1.54) is 0 Å². The molecule has 0 radical (unpaired) electrons. The lowest BCUT2D eigenvalue weighted by molar-refractivity contribution is 0.540. The third-order valence-corrected chi connectivity index (χ3v) is 3.10. The van der Waals surface area contributed by atoms with Gasteiger partial charge in [0.25, 0.3) is 10.7 Å². The Labute approximate surface area is 95.8 Å². The molecule has 0 saturated heterocycles. The van der Waals surface area contributed by atoms with Crippen molar-refractivity contribution in [2.75, 3.05) is 0 Å². The van der Waals surface area contributed by atoms with Crippen LogP contribution >= 0.6 is 38.5 Å².